The van der Waals surface area contributed by atoms with Crippen LogP contribution in [0, 0.1) is 23.7 Å². The zero-order valence-corrected chi connectivity index (χ0v) is 35.2. The van der Waals surface area contributed by atoms with Gasteiger partial charge in [-0.05, 0) is 163 Å². The minimum atomic E-state index is 0.536. The van der Waals surface area contributed by atoms with E-state index in [1.54, 1.807) is 11.1 Å². The first-order valence-corrected chi connectivity index (χ1v) is 24.1. The lowest BCUT2D eigenvalue weighted by Gasteiger charge is -2.38. The van der Waals surface area contributed by atoms with E-state index < -0.39 is 0 Å². The highest BCUT2D eigenvalue weighted by molar-refractivity contribution is 6.34. The van der Waals surface area contributed by atoms with E-state index in [0.29, 0.717) is 23.7 Å². The van der Waals surface area contributed by atoms with Crippen molar-refractivity contribution in [1.82, 2.24) is 14.4 Å². The SMILES string of the molecule is c1ccc2c(c1)oc1cccc(-c3cc(-c4cccc5oc6ccccc6c45)c4c5c6c(ncc5n5c7cnc8c(c7c3c45)C3CC4CC(CC8C4)C3)C3CC4CC(C3)CC6C4)c12. The van der Waals surface area contributed by atoms with Crippen LogP contribution in [0.5, 0.6) is 0 Å². The van der Waals surface area contributed by atoms with E-state index in [1.165, 1.54) is 157 Å². The van der Waals surface area contributed by atoms with Crippen molar-refractivity contribution in [3.8, 4) is 22.3 Å². The quantitative estimate of drug-likeness (QED) is 0.174. The summed E-state index contributed by atoms with van der Waals surface area (Å²) in [7, 11) is 0. The van der Waals surface area contributed by atoms with Gasteiger partial charge in [-0.1, -0.05) is 60.7 Å². The standard InChI is InChI=1S/C58H45N3O2/c1-3-11-44-38(7-1)50-36(9-5-13-46(50)62-44)40-25-41(37-10-6-14-47-51(37)39-8-2-4-12-45(39)63-47)53-55-43(27-60-57-35-23-30-16-31(24-35)20-33(19-30)49(55)57)61-42-26-59-56-34-21-28-15-29(22-34)18-32(17-28)48(56)54(42)52(40)58(53)61/h1-14,25-35H,15-24H2. The fourth-order valence-corrected chi connectivity index (χ4v) is 16.2. The maximum atomic E-state index is 6.69. The molecule has 0 spiro atoms. The molecule has 5 aromatic carbocycles. The van der Waals surface area contributed by atoms with E-state index in [0.717, 1.165) is 46.0 Å². The molecular formula is C58H45N3O2. The molecule has 0 aliphatic heterocycles. The van der Waals surface area contributed by atoms with Crippen LogP contribution in [0.4, 0.5) is 0 Å². The van der Waals surface area contributed by atoms with Crippen molar-refractivity contribution in [2.75, 3.05) is 0 Å². The summed E-state index contributed by atoms with van der Waals surface area (Å²) in [6, 6.07) is 33.4. The van der Waals surface area contributed by atoms with E-state index >= 15 is 0 Å². The number of fused-ring (bicyclic) bond motifs is 12. The zero-order chi connectivity index (χ0) is 40.4. The highest BCUT2D eigenvalue weighted by Gasteiger charge is 2.47. The van der Waals surface area contributed by atoms with Gasteiger partial charge in [0.15, 0.2) is 0 Å². The lowest BCUT2D eigenvalue weighted by Crippen LogP contribution is -2.25. The largest absolute Gasteiger partial charge is 0.456 e. The highest BCUT2D eigenvalue weighted by Crippen LogP contribution is 2.62. The lowest BCUT2D eigenvalue weighted by atomic mass is 9.67. The van der Waals surface area contributed by atoms with Crippen LogP contribution in [0.25, 0.3) is 104 Å². The van der Waals surface area contributed by atoms with Crippen LogP contribution in [0.3, 0.4) is 0 Å². The Bertz CT molecular complexity index is 3570. The number of pyridine rings is 2. The number of rotatable bonds is 2. The summed E-state index contributed by atoms with van der Waals surface area (Å²) in [6.45, 7) is 0. The normalized spacial score (nSPS) is 27.0. The molecule has 4 fully saturated rings. The number of nitrogens with zero attached hydrogens (tertiary/aromatic N) is 3. The van der Waals surface area contributed by atoms with Gasteiger partial charge >= 0.3 is 0 Å². The third-order valence-corrected chi connectivity index (χ3v) is 18.0. The summed E-state index contributed by atoms with van der Waals surface area (Å²) in [6.07, 6.45) is 17.8. The minimum absolute atomic E-state index is 0.536. The number of hydrogen-bond acceptors (Lipinski definition) is 4. The van der Waals surface area contributed by atoms with Gasteiger partial charge in [0, 0.05) is 66.3 Å². The summed E-state index contributed by atoms with van der Waals surface area (Å²) in [4.78, 5) is 11.3. The highest BCUT2D eigenvalue weighted by atomic mass is 16.3. The van der Waals surface area contributed by atoms with Gasteiger partial charge in [0.05, 0.1) is 28.9 Å². The summed E-state index contributed by atoms with van der Waals surface area (Å²) in [5.74, 6) is 5.40. The second kappa shape index (κ2) is 11.5. The summed E-state index contributed by atoms with van der Waals surface area (Å²) in [5, 5.41) is 10.4. The van der Waals surface area contributed by atoms with Gasteiger partial charge in [0.2, 0.25) is 0 Å². The average Bonchev–Trinajstić information content (AvgIpc) is 4.01. The third-order valence-electron chi connectivity index (χ3n) is 18.0. The Hall–Kier alpha value is -6.20. The monoisotopic (exact) mass is 815 g/mol. The van der Waals surface area contributed by atoms with E-state index in [2.05, 4.69) is 108 Å². The van der Waals surface area contributed by atoms with E-state index in [4.69, 9.17) is 18.8 Å². The molecule has 8 aliphatic carbocycles. The van der Waals surface area contributed by atoms with Gasteiger partial charge < -0.3 is 13.2 Å². The molecule has 0 N–H and O–H groups in total. The summed E-state index contributed by atoms with van der Waals surface area (Å²) < 4.78 is 16.1. The fraction of sp³-hybridized carbons (Fsp3) is 0.310. The Morgan fingerprint density at radius 1 is 0.397 bits per heavy atom. The van der Waals surface area contributed by atoms with Crippen molar-refractivity contribution >= 4 is 82.0 Å². The number of hydrogen-bond donors (Lipinski definition) is 0. The van der Waals surface area contributed by atoms with Crippen LogP contribution in [0.1, 0.15) is 110 Å². The van der Waals surface area contributed by atoms with Gasteiger partial charge in [-0.25, -0.2) is 0 Å². The first kappa shape index (κ1) is 33.4. The van der Waals surface area contributed by atoms with Crippen molar-refractivity contribution in [2.45, 2.75) is 87.9 Å². The Labute approximate surface area is 363 Å². The number of aromatic nitrogens is 3. The maximum absolute atomic E-state index is 6.69. The molecule has 8 bridgehead atoms. The predicted octanol–water partition coefficient (Wildman–Crippen LogP) is 15.5. The third kappa shape index (κ3) is 4.13. The molecule has 5 nitrogen and oxygen atoms in total. The first-order chi connectivity index (χ1) is 31.2. The Morgan fingerprint density at radius 3 is 1.30 bits per heavy atom. The molecule has 6 heterocycles. The van der Waals surface area contributed by atoms with Gasteiger partial charge in [-0.3, -0.25) is 9.97 Å². The summed E-state index contributed by atoms with van der Waals surface area (Å²) in [5.41, 5.74) is 18.6. The Kier molecular flexibility index (Phi) is 6.08. The second-order valence-corrected chi connectivity index (χ2v) is 21.2. The van der Waals surface area contributed by atoms with Gasteiger partial charge in [0.1, 0.15) is 22.3 Å². The Balaban J connectivity index is 1.13. The molecule has 4 saturated carbocycles. The van der Waals surface area contributed by atoms with Gasteiger partial charge in [0.25, 0.3) is 0 Å². The smallest absolute Gasteiger partial charge is 0.136 e. The van der Waals surface area contributed by atoms with Gasteiger partial charge in [-0.15, -0.1) is 0 Å². The molecule has 63 heavy (non-hydrogen) atoms. The van der Waals surface area contributed by atoms with Crippen LogP contribution in [-0.4, -0.2) is 14.4 Å². The van der Waals surface area contributed by atoms with Crippen LogP contribution in [0.2, 0.25) is 0 Å². The molecule has 0 radical (unpaired) electrons. The van der Waals surface area contributed by atoms with Crippen molar-refractivity contribution < 1.29 is 8.83 Å². The molecular weight excluding hydrogens is 771 g/mol. The molecule has 19 rings (SSSR count). The number of benzene rings is 5. The second-order valence-electron chi connectivity index (χ2n) is 21.2. The van der Waals surface area contributed by atoms with E-state index in [9.17, 15) is 0 Å². The lowest BCUT2D eigenvalue weighted by molar-refractivity contribution is 0.165. The summed E-state index contributed by atoms with van der Waals surface area (Å²) >= 11 is 0. The number of para-hydroxylation sites is 2. The van der Waals surface area contributed by atoms with Crippen LogP contribution in [-0.2, 0) is 0 Å². The van der Waals surface area contributed by atoms with Crippen molar-refractivity contribution in [3.63, 3.8) is 0 Å². The Morgan fingerprint density at radius 2 is 0.825 bits per heavy atom. The molecule has 304 valence electrons. The van der Waals surface area contributed by atoms with Crippen LogP contribution >= 0.6 is 0 Å². The number of furan rings is 2. The molecule has 11 aromatic rings. The topological polar surface area (TPSA) is 56.5 Å². The first-order valence-electron chi connectivity index (χ1n) is 24.1. The molecule has 0 amide bonds. The average molecular weight is 816 g/mol. The maximum Gasteiger partial charge on any atom is 0.136 e. The molecule has 5 heteroatoms. The van der Waals surface area contributed by atoms with E-state index in [1.807, 2.05) is 0 Å². The zero-order valence-electron chi connectivity index (χ0n) is 35.2. The van der Waals surface area contributed by atoms with Crippen molar-refractivity contribution in [2.24, 2.45) is 23.7 Å². The van der Waals surface area contributed by atoms with Crippen LogP contribution < -0.4 is 0 Å². The van der Waals surface area contributed by atoms with E-state index in [-0.39, 0.29) is 0 Å². The molecule has 6 aromatic heterocycles. The van der Waals surface area contributed by atoms with Crippen molar-refractivity contribution in [1.29, 1.82) is 0 Å². The van der Waals surface area contributed by atoms with Crippen molar-refractivity contribution in [3.05, 3.63) is 126 Å². The molecule has 8 aliphatic rings. The predicted molar refractivity (Wildman–Crippen MR) is 253 cm³/mol. The fourth-order valence-electron chi connectivity index (χ4n) is 16.2. The minimum Gasteiger partial charge on any atom is -0.456 e. The molecule has 4 unspecified atom stereocenters. The van der Waals surface area contributed by atoms with Gasteiger partial charge in [-0.2, -0.15) is 0 Å². The molecule has 4 atom stereocenters. The molecule has 0 saturated heterocycles. The van der Waals surface area contributed by atoms with Crippen LogP contribution in [0.15, 0.2) is 112 Å².